The monoisotopic (exact) mass is 268 g/mol. The van der Waals surface area contributed by atoms with Gasteiger partial charge in [0.2, 0.25) is 0 Å². The first-order chi connectivity index (χ1) is 9.15. The van der Waals surface area contributed by atoms with Gasteiger partial charge in [-0.3, -0.25) is 14.3 Å². The molecule has 6 nitrogen and oxygen atoms in total. The molecule has 0 radical (unpaired) electrons. The van der Waals surface area contributed by atoms with E-state index in [2.05, 4.69) is 11.6 Å². The Morgan fingerprint density at radius 2 is 2.26 bits per heavy atom. The maximum Gasteiger partial charge on any atom is 0.330 e. The first kappa shape index (κ1) is 15.4. The lowest BCUT2D eigenvalue weighted by molar-refractivity contribution is -0.0311. The van der Waals surface area contributed by atoms with Crippen molar-refractivity contribution in [3.63, 3.8) is 0 Å². The fourth-order valence-corrected chi connectivity index (χ4v) is 2.00. The number of aromatic nitrogens is 2. The SMILES string of the molecule is C=CC1CC(CO)OC1n1ccc(=O)[nH]c1=O.CC. The minimum absolute atomic E-state index is 0.0595. The molecule has 3 atom stereocenters. The van der Waals surface area contributed by atoms with Gasteiger partial charge < -0.3 is 9.84 Å². The Bertz CT molecular complexity index is 520. The second kappa shape index (κ2) is 7.06. The van der Waals surface area contributed by atoms with Crippen molar-refractivity contribution in [2.45, 2.75) is 32.6 Å². The fourth-order valence-electron chi connectivity index (χ4n) is 2.00. The van der Waals surface area contributed by atoms with Gasteiger partial charge in [0.25, 0.3) is 5.56 Å². The number of aliphatic hydroxyl groups excluding tert-OH is 1. The molecule has 0 bridgehead atoms. The summed E-state index contributed by atoms with van der Waals surface area (Å²) in [5.74, 6) is -0.0595. The van der Waals surface area contributed by atoms with E-state index in [9.17, 15) is 9.59 Å². The van der Waals surface area contributed by atoms with E-state index in [0.29, 0.717) is 6.42 Å². The van der Waals surface area contributed by atoms with Crippen molar-refractivity contribution in [1.82, 2.24) is 9.55 Å². The number of hydrogen-bond acceptors (Lipinski definition) is 4. The lowest BCUT2D eigenvalue weighted by Crippen LogP contribution is -2.33. The molecule has 106 valence electrons. The van der Waals surface area contributed by atoms with Gasteiger partial charge in [-0.2, -0.15) is 0 Å². The van der Waals surface area contributed by atoms with Crippen LogP contribution in [-0.2, 0) is 4.74 Å². The molecule has 3 unspecified atom stereocenters. The molecule has 1 aliphatic heterocycles. The summed E-state index contributed by atoms with van der Waals surface area (Å²) >= 11 is 0. The van der Waals surface area contributed by atoms with Crippen LogP contribution in [0.25, 0.3) is 0 Å². The van der Waals surface area contributed by atoms with E-state index >= 15 is 0 Å². The van der Waals surface area contributed by atoms with E-state index < -0.39 is 17.5 Å². The van der Waals surface area contributed by atoms with Crippen LogP contribution in [0.1, 0.15) is 26.5 Å². The summed E-state index contributed by atoms with van der Waals surface area (Å²) in [6.07, 6.45) is 2.87. The Morgan fingerprint density at radius 3 is 2.79 bits per heavy atom. The molecule has 0 spiro atoms. The summed E-state index contributed by atoms with van der Waals surface area (Å²) in [5.41, 5.74) is -0.967. The van der Waals surface area contributed by atoms with Crippen molar-refractivity contribution < 1.29 is 9.84 Å². The van der Waals surface area contributed by atoms with Gasteiger partial charge >= 0.3 is 5.69 Å². The van der Waals surface area contributed by atoms with Crippen LogP contribution in [-0.4, -0.2) is 27.4 Å². The normalized spacial score (nSPS) is 25.5. The van der Waals surface area contributed by atoms with Crippen LogP contribution in [0, 0.1) is 5.92 Å². The van der Waals surface area contributed by atoms with E-state index in [4.69, 9.17) is 9.84 Å². The Kier molecular flexibility index (Phi) is 5.72. The highest BCUT2D eigenvalue weighted by molar-refractivity contribution is 4.94. The van der Waals surface area contributed by atoms with E-state index in [1.807, 2.05) is 13.8 Å². The van der Waals surface area contributed by atoms with Gasteiger partial charge in [0.1, 0.15) is 6.23 Å². The van der Waals surface area contributed by atoms with Gasteiger partial charge in [0, 0.05) is 18.2 Å². The van der Waals surface area contributed by atoms with Crippen molar-refractivity contribution in [3.05, 3.63) is 45.8 Å². The van der Waals surface area contributed by atoms with Crippen molar-refractivity contribution >= 4 is 0 Å². The van der Waals surface area contributed by atoms with Crippen LogP contribution >= 0.6 is 0 Å². The number of ether oxygens (including phenoxy) is 1. The third-order valence-corrected chi connectivity index (χ3v) is 2.86. The number of aromatic amines is 1. The van der Waals surface area contributed by atoms with Crippen molar-refractivity contribution in [2.24, 2.45) is 5.92 Å². The molecule has 1 aromatic heterocycles. The Balaban J connectivity index is 0.000000861. The molecular weight excluding hydrogens is 248 g/mol. The average Bonchev–Trinajstić information content (AvgIpc) is 2.84. The quantitative estimate of drug-likeness (QED) is 0.788. The molecule has 2 N–H and O–H groups in total. The number of nitrogens with one attached hydrogen (secondary N) is 1. The summed E-state index contributed by atoms with van der Waals surface area (Å²) in [5, 5.41) is 9.05. The van der Waals surface area contributed by atoms with Gasteiger partial charge in [-0.1, -0.05) is 19.9 Å². The summed E-state index contributed by atoms with van der Waals surface area (Å²) in [6, 6.07) is 1.26. The Morgan fingerprint density at radius 1 is 1.58 bits per heavy atom. The topological polar surface area (TPSA) is 84.3 Å². The second-order valence-corrected chi connectivity index (χ2v) is 3.98. The van der Waals surface area contributed by atoms with Gasteiger partial charge in [-0.05, 0) is 6.42 Å². The van der Waals surface area contributed by atoms with E-state index in [0.717, 1.165) is 0 Å². The van der Waals surface area contributed by atoms with Crippen LogP contribution in [0.15, 0.2) is 34.5 Å². The highest BCUT2D eigenvalue weighted by Gasteiger charge is 2.34. The fraction of sp³-hybridized carbons (Fsp3) is 0.538. The molecule has 0 amide bonds. The van der Waals surface area contributed by atoms with Crippen molar-refractivity contribution in [1.29, 1.82) is 0 Å². The van der Waals surface area contributed by atoms with Crippen LogP contribution in [0.5, 0.6) is 0 Å². The molecule has 1 aromatic rings. The van der Waals surface area contributed by atoms with Gasteiger partial charge in [-0.25, -0.2) is 4.79 Å². The van der Waals surface area contributed by atoms with Crippen LogP contribution in [0.4, 0.5) is 0 Å². The predicted molar refractivity (Wildman–Crippen MR) is 72.0 cm³/mol. The Hall–Kier alpha value is -1.66. The number of hydrogen-bond donors (Lipinski definition) is 2. The molecule has 0 aromatic carbocycles. The zero-order chi connectivity index (χ0) is 14.4. The van der Waals surface area contributed by atoms with Gasteiger partial charge in [0.05, 0.1) is 12.7 Å². The lowest BCUT2D eigenvalue weighted by atomic mass is 10.0. The van der Waals surface area contributed by atoms with E-state index in [-0.39, 0.29) is 18.6 Å². The minimum atomic E-state index is -0.520. The number of nitrogens with zero attached hydrogens (tertiary/aromatic N) is 1. The third-order valence-electron chi connectivity index (χ3n) is 2.86. The first-order valence-corrected chi connectivity index (χ1v) is 6.36. The summed E-state index contributed by atoms with van der Waals surface area (Å²) < 4.78 is 6.85. The van der Waals surface area contributed by atoms with Crippen LogP contribution in [0.2, 0.25) is 0 Å². The molecule has 6 heteroatoms. The molecule has 1 saturated heterocycles. The van der Waals surface area contributed by atoms with Crippen molar-refractivity contribution in [3.8, 4) is 0 Å². The number of aliphatic hydroxyl groups is 1. The minimum Gasteiger partial charge on any atom is -0.394 e. The smallest absolute Gasteiger partial charge is 0.330 e. The zero-order valence-electron chi connectivity index (χ0n) is 11.2. The average molecular weight is 268 g/mol. The Labute approximate surface area is 111 Å². The molecule has 2 heterocycles. The van der Waals surface area contributed by atoms with Gasteiger partial charge in [0.15, 0.2) is 0 Å². The lowest BCUT2D eigenvalue weighted by Gasteiger charge is -2.17. The molecule has 2 rings (SSSR count). The van der Waals surface area contributed by atoms with Crippen LogP contribution in [0.3, 0.4) is 0 Å². The summed E-state index contributed by atoms with van der Waals surface area (Å²) in [6.45, 7) is 7.59. The molecular formula is C13H20N2O4. The third kappa shape index (κ3) is 3.42. The van der Waals surface area contributed by atoms with E-state index in [1.54, 1.807) is 6.08 Å². The summed E-state index contributed by atoms with van der Waals surface area (Å²) in [4.78, 5) is 24.7. The molecule has 1 fully saturated rings. The molecule has 0 aliphatic carbocycles. The summed E-state index contributed by atoms with van der Waals surface area (Å²) in [7, 11) is 0. The molecule has 0 saturated carbocycles. The maximum absolute atomic E-state index is 11.6. The number of H-pyrrole nitrogens is 1. The highest BCUT2D eigenvalue weighted by atomic mass is 16.5. The predicted octanol–water partition coefficient (Wildman–Crippen LogP) is 0.645. The van der Waals surface area contributed by atoms with Gasteiger partial charge in [-0.15, -0.1) is 6.58 Å². The van der Waals surface area contributed by atoms with Crippen LogP contribution < -0.4 is 11.2 Å². The maximum atomic E-state index is 11.6. The molecule has 19 heavy (non-hydrogen) atoms. The largest absolute Gasteiger partial charge is 0.394 e. The van der Waals surface area contributed by atoms with E-state index in [1.165, 1.54) is 16.8 Å². The number of rotatable bonds is 3. The standard InChI is InChI=1S/C11H14N2O4.C2H6/c1-2-7-5-8(6-14)17-10(7)13-4-3-9(15)12-11(13)16;1-2/h2-4,7-8,10,14H,1,5-6H2,(H,12,15,16);1-2H3. The van der Waals surface area contributed by atoms with Crippen molar-refractivity contribution in [2.75, 3.05) is 6.61 Å². The highest BCUT2D eigenvalue weighted by Crippen LogP contribution is 2.33. The molecule has 1 aliphatic rings. The first-order valence-electron chi connectivity index (χ1n) is 6.36. The zero-order valence-corrected chi connectivity index (χ0v) is 11.2. The second-order valence-electron chi connectivity index (χ2n) is 3.98.